The van der Waals surface area contributed by atoms with E-state index in [9.17, 15) is 4.79 Å². The van der Waals surface area contributed by atoms with Crippen molar-refractivity contribution in [2.24, 2.45) is 0 Å². The summed E-state index contributed by atoms with van der Waals surface area (Å²) >= 11 is 0. The summed E-state index contributed by atoms with van der Waals surface area (Å²) in [6, 6.07) is 0.0882. The third kappa shape index (κ3) is 11.9. The third-order valence-corrected chi connectivity index (χ3v) is 5.96. The van der Waals surface area contributed by atoms with Gasteiger partial charge in [-0.25, -0.2) is 0 Å². The van der Waals surface area contributed by atoms with Crippen LogP contribution in [0.2, 0.25) is 0 Å². The fraction of sp³-hybridized carbons (Fsp3) is 0.875. The molecule has 0 saturated carbocycles. The SMILES string of the molecule is C=C(C)C(=O)C(CCCCCCCCCCCCCCC)[N+](C)(C)CC. The second kappa shape index (κ2) is 15.4. The van der Waals surface area contributed by atoms with E-state index in [4.69, 9.17) is 0 Å². The lowest BCUT2D eigenvalue weighted by atomic mass is 9.96. The van der Waals surface area contributed by atoms with Crippen molar-refractivity contribution in [3.63, 3.8) is 0 Å². The highest BCUT2D eigenvalue weighted by atomic mass is 16.1. The molecule has 1 atom stereocenters. The summed E-state index contributed by atoms with van der Waals surface area (Å²) in [5.41, 5.74) is 0.712. The van der Waals surface area contributed by atoms with Gasteiger partial charge in [0.1, 0.15) is 0 Å². The Morgan fingerprint density at radius 2 is 1.15 bits per heavy atom. The number of carbonyl (C=O) groups excluding carboxylic acids is 1. The molecular formula is C24H48NO+. The van der Waals surface area contributed by atoms with Crippen molar-refractivity contribution in [1.82, 2.24) is 0 Å². The Kier molecular flexibility index (Phi) is 15.1. The molecule has 0 spiro atoms. The molecule has 0 amide bonds. The van der Waals surface area contributed by atoms with Crippen LogP contribution in [0.4, 0.5) is 0 Å². The van der Waals surface area contributed by atoms with E-state index >= 15 is 0 Å². The molecule has 26 heavy (non-hydrogen) atoms. The van der Waals surface area contributed by atoms with Crippen LogP contribution in [0.3, 0.4) is 0 Å². The van der Waals surface area contributed by atoms with Crippen LogP contribution < -0.4 is 0 Å². The van der Waals surface area contributed by atoms with Crippen LogP contribution in [0, 0.1) is 0 Å². The highest BCUT2D eigenvalue weighted by Gasteiger charge is 2.32. The number of carbonyl (C=O) groups is 1. The largest absolute Gasteiger partial charge is 0.320 e. The molecule has 0 heterocycles. The first-order chi connectivity index (χ1) is 12.4. The molecule has 0 fully saturated rings. The maximum absolute atomic E-state index is 12.5. The van der Waals surface area contributed by atoms with Crippen LogP contribution in [0.25, 0.3) is 0 Å². The van der Waals surface area contributed by atoms with E-state index in [1.165, 1.54) is 83.5 Å². The third-order valence-electron chi connectivity index (χ3n) is 5.96. The van der Waals surface area contributed by atoms with Gasteiger partial charge in [-0.2, -0.15) is 0 Å². The number of unbranched alkanes of at least 4 members (excludes halogenated alkanes) is 12. The van der Waals surface area contributed by atoms with Gasteiger partial charge in [0.2, 0.25) is 5.78 Å². The number of hydrogen-bond acceptors (Lipinski definition) is 1. The van der Waals surface area contributed by atoms with Crippen molar-refractivity contribution >= 4 is 5.78 Å². The molecule has 0 saturated heterocycles. The maximum atomic E-state index is 12.5. The summed E-state index contributed by atoms with van der Waals surface area (Å²) in [5, 5.41) is 0. The topological polar surface area (TPSA) is 17.1 Å². The van der Waals surface area contributed by atoms with E-state index in [0.717, 1.165) is 17.4 Å². The molecule has 0 aliphatic rings. The van der Waals surface area contributed by atoms with Crippen molar-refractivity contribution < 1.29 is 9.28 Å². The number of nitrogens with zero attached hydrogens (tertiary/aromatic N) is 1. The lowest BCUT2D eigenvalue weighted by Crippen LogP contribution is -2.52. The Morgan fingerprint density at radius 1 is 0.769 bits per heavy atom. The maximum Gasteiger partial charge on any atom is 0.215 e. The molecule has 0 bridgehead atoms. The van der Waals surface area contributed by atoms with Gasteiger partial charge in [0.15, 0.2) is 6.04 Å². The fourth-order valence-electron chi connectivity index (χ4n) is 3.66. The van der Waals surface area contributed by atoms with Crippen LogP contribution in [0.15, 0.2) is 12.2 Å². The summed E-state index contributed by atoms with van der Waals surface area (Å²) in [4.78, 5) is 12.5. The lowest BCUT2D eigenvalue weighted by molar-refractivity contribution is -0.904. The Bertz CT molecular complexity index is 372. The normalized spacial score (nSPS) is 13.0. The summed E-state index contributed by atoms with van der Waals surface area (Å²) < 4.78 is 0.782. The van der Waals surface area contributed by atoms with Gasteiger partial charge in [0, 0.05) is 6.42 Å². The summed E-state index contributed by atoms with van der Waals surface area (Å²) in [7, 11) is 4.35. The first kappa shape index (κ1) is 25.4. The Hall–Kier alpha value is -0.630. The van der Waals surface area contributed by atoms with Crippen molar-refractivity contribution in [1.29, 1.82) is 0 Å². The van der Waals surface area contributed by atoms with Gasteiger partial charge in [0.05, 0.1) is 20.6 Å². The highest BCUT2D eigenvalue weighted by Crippen LogP contribution is 2.19. The van der Waals surface area contributed by atoms with Gasteiger partial charge in [-0.15, -0.1) is 0 Å². The Labute approximate surface area is 165 Å². The highest BCUT2D eigenvalue weighted by molar-refractivity contribution is 5.97. The molecule has 2 nitrogen and oxygen atoms in total. The lowest BCUT2D eigenvalue weighted by Gasteiger charge is -2.36. The van der Waals surface area contributed by atoms with Crippen LogP contribution in [-0.4, -0.2) is 36.9 Å². The van der Waals surface area contributed by atoms with Crippen molar-refractivity contribution in [2.75, 3.05) is 20.6 Å². The smallest absolute Gasteiger partial charge is 0.215 e. The number of likely N-dealkylation sites (N-methyl/N-ethyl adjacent to an activating group) is 1. The standard InChI is InChI=1S/C24H48NO/c1-7-9-10-11-12-13-14-15-16-17-18-19-20-21-23(24(26)22(3)4)25(5,6)8-2/h23H,3,7-21H2,1-2,4-6H3/q+1. The van der Waals surface area contributed by atoms with Crippen molar-refractivity contribution in [3.8, 4) is 0 Å². The Morgan fingerprint density at radius 3 is 1.50 bits per heavy atom. The van der Waals surface area contributed by atoms with Gasteiger partial charge in [-0.1, -0.05) is 90.6 Å². The van der Waals surface area contributed by atoms with Crippen LogP contribution in [0.5, 0.6) is 0 Å². The Balaban J connectivity index is 3.73. The van der Waals surface area contributed by atoms with Crippen molar-refractivity contribution in [2.45, 2.75) is 117 Å². The van der Waals surface area contributed by atoms with Crippen LogP contribution >= 0.6 is 0 Å². The molecule has 0 rings (SSSR count). The summed E-state index contributed by atoms with van der Waals surface area (Å²) in [6.45, 7) is 11.2. The zero-order valence-corrected chi connectivity index (χ0v) is 18.7. The quantitative estimate of drug-likeness (QED) is 0.144. The first-order valence-corrected chi connectivity index (χ1v) is 11.4. The molecule has 1 unspecified atom stereocenters. The molecule has 0 aromatic heterocycles. The van der Waals surface area contributed by atoms with Gasteiger partial charge >= 0.3 is 0 Å². The van der Waals surface area contributed by atoms with Gasteiger partial charge in [-0.3, -0.25) is 4.79 Å². The summed E-state index contributed by atoms with van der Waals surface area (Å²) in [5.74, 6) is 0.260. The first-order valence-electron chi connectivity index (χ1n) is 11.4. The number of quaternary nitrogens is 1. The zero-order valence-electron chi connectivity index (χ0n) is 18.7. The predicted molar refractivity (Wildman–Crippen MR) is 117 cm³/mol. The van der Waals surface area contributed by atoms with E-state index < -0.39 is 0 Å². The fourth-order valence-corrected chi connectivity index (χ4v) is 3.66. The number of hydrogen-bond donors (Lipinski definition) is 0. The van der Waals surface area contributed by atoms with E-state index in [0.29, 0.717) is 5.57 Å². The van der Waals surface area contributed by atoms with Gasteiger partial charge < -0.3 is 4.48 Å². The molecule has 2 heteroatoms. The van der Waals surface area contributed by atoms with Crippen LogP contribution in [0.1, 0.15) is 111 Å². The molecule has 0 N–H and O–H groups in total. The molecule has 0 aromatic rings. The minimum absolute atomic E-state index is 0.0882. The van der Waals surface area contributed by atoms with Crippen LogP contribution in [-0.2, 0) is 4.79 Å². The average molecular weight is 367 g/mol. The second-order valence-corrected chi connectivity index (χ2v) is 8.79. The number of Topliss-reactive ketones (excluding diaryl/α,β-unsaturated/α-hetero) is 1. The molecule has 0 aliphatic heterocycles. The molecule has 0 aliphatic carbocycles. The predicted octanol–water partition coefficient (Wildman–Crippen LogP) is 7.08. The van der Waals surface area contributed by atoms with E-state index in [-0.39, 0.29) is 11.8 Å². The van der Waals surface area contributed by atoms with Gasteiger partial charge in [-0.05, 0) is 25.8 Å². The summed E-state index contributed by atoms with van der Waals surface area (Å²) in [6.07, 6.45) is 18.8. The number of rotatable bonds is 18. The zero-order chi connectivity index (χ0) is 19.8. The van der Waals surface area contributed by atoms with E-state index in [1.807, 2.05) is 6.92 Å². The molecular weight excluding hydrogens is 318 g/mol. The molecule has 0 aromatic carbocycles. The second-order valence-electron chi connectivity index (χ2n) is 8.79. The molecule has 0 radical (unpaired) electrons. The minimum atomic E-state index is 0.0882. The van der Waals surface area contributed by atoms with E-state index in [2.05, 4.69) is 34.5 Å². The average Bonchev–Trinajstić information content (AvgIpc) is 2.61. The van der Waals surface area contributed by atoms with Gasteiger partial charge in [0.25, 0.3) is 0 Å². The minimum Gasteiger partial charge on any atom is -0.320 e. The molecule has 154 valence electrons. The van der Waals surface area contributed by atoms with E-state index in [1.54, 1.807) is 0 Å². The monoisotopic (exact) mass is 366 g/mol. The number of ketones is 1. The van der Waals surface area contributed by atoms with Crippen molar-refractivity contribution in [3.05, 3.63) is 12.2 Å².